The molecule has 1 saturated carbocycles. The second-order valence-electron chi connectivity index (χ2n) is 6.34. The zero-order chi connectivity index (χ0) is 21.3. The topological polar surface area (TPSA) is 89.5 Å². The second-order valence-corrected chi connectivity index (χ2v) is 6.34. The lowest BCUT2D eigenvalue weighted by atomic mass is 9.95. The van der Waals surface area contributed by atoms with Crippen molar-refractivity contribution in [3.63, 3.8) is 0 Å². The second kappa shape index (κ2) is 10.6. The summed E-state index contributed by atoms with van der Waals surface area (Å²) in [6.45, 7) is 0. The maximum Gasteiger partial charge on any atom is 0.376 e. The Labute approximate surface area is 174 Å². The SMILES string of the molecule is COc1ccccc1C(=O)OO[C]1CC[CH]CC1OOC(=O)c1ccccc1OC. The summed E-state index contributed by atoms with van der Waals surface area (Å²) in [6, 6.07) is 13.3. The van der Waals surface area contributed by atoms with Crippen molar-refractivity contribution in [1.82, 2.24) is 0 Å². The van der Waals surface area contributed by atoms with Crippen LogP contribution in [-0.4, -0.2) is 32.3 Å². The molecule has 2 aromatic rings. The van der Waals surface area contributed by atoms with E-state index in [0.717, 1.165) is 0 Å². The Morgan fingerprint density at radius 2 is 1.40 bits per heavy atom. The third-order valence-corrected chi connectivity index (χ3v) is 4.45. The van der Waals surface area contributed by atoms with Crippen molar-refractivity contribution in [1.29, 1.82) is 0 Å². The molecular formula is C22H22O8. The number of hydrogen-bond donors (Lipinski definition) is 0. The van der Waals surface area contributed by atoms with Crippen LogP contribution in [-0.2, 0) is 19.6 Å². The first-order chi connectivity index (χ1) is 14.6. The van der Waals surface area contributed by atoms with Gasteiger partial charge in [-0.1, -0.05) is 24.3 Å². The monoisotopic (exact) mass is 414 g/mol. The molecule has 0 aliphatic heterocycles. The summed E-state index contributed by atoms with van der Waals surface area (Å²) in [5.74, 6) is -0.679. The number of hydrogen-bond acceptors (Lipinski definition) is 8. The standard InChI is InChI=1S/C22H22O8/c1-25-17-11-5-3-9-15(17)21(23)29-27-19-13-7-8-14-20(19)28-30-22(24)16-10-4-6-12-18(16)26-2/h3-7,9-12,19H,8,13-14H2,1-2H3. The summed E-state index contributed by atoms with van der Waals surface area (Å²) >= 11 is 0. The molecule has 1 atom stereocenters. The smallest absolute Gasteiger partial charge is 0.376 e. The molecule has 8 nitrogen and oxygen atoms in total. The van der Waals surface area contributed by atoms with E-state index in [2.05, 4.69) is 0 Å². The minimum atomic E-state index is -0.709. The van der Waals surface area contributed by atoms with Crippen molar-refractivity contribution < 1.29 is 38.6 Å². The first kappa shape index (κ1) is 21.6. The minimum absolute atomic E-state index is 0.225. The molecular weight excluding hydrogens is 392 g/mol. The molecule has 0 N–H and O–H groups in total. The van der Waals surface area contributed by atoms with E-state index in [1.54, 1.807) is 48.5 Å². The van der Waals surface area contributed by atoms with Crippen molar-refractivity contribution in [3.8, 4) is 11.5 Å². The average Bonchev–Trinajstić information content (AvgIpc) is 2.81. The summed E-state index contributed by atoms with van der Waals surface area (Å²) in [5.41, 5.74) is 0.452. The van der Waals surface area contributed by atoms with Gasteiger partial charge in [0.1, 0.15) is 28.7 Å². The van der Waals surface area contributed by atoms with Gasteiger partial charge in [-0.15, -0.1) is 0 Å². The summed E-state index contributed by atoms with van der Waals surface area (Å²) in [4.78, 5) is 45.1. The van der Waals surface area contributed by atoms with Gasteiger partial charge >= 0.3 is 11.9 Å². The van der Waals surface area contributed by atoms with Crippen LogP contribution >= 0.6 is 0 Å². The first-order valence-corrected chi connectivity index (χ1v) is 9.34. The number of carbonyl (C=O) groups excluding carboxylic acids is 2. The van der Waals surface area contributed by atoms with Crippen molar-refractivity contribution in [2.24, 2.45) is 0 Å². The van der Waals surface area contributed by atoms with E-state index in [-0.39, 0.29) is 11.1 Å². The molecule has 0 saturated heterocycles. The lowest BCUT2D eigenvalue weighted by Gasteiger charge is -2.26. The molecule has 1 aliphatic rings. The molecule has 158 valence electrons. The highest BCUT2D eigenvalue weighted by molar-refractivity contribution is 5.92. The van der Waals surface area contributed by atoms with E-state index >= 15 is 0 Å². The van der Waals surface area contributed by atoms with E-state index in [1.165, 1.54) is 14.2 Å². The molecule has 0 heterocycles. The van der Waals surface area contributed by atoms with Gasteiger partial charge in [0, 0.05) is 0 Å². The average molecular weight is 414 g/mol. The van der Waals surface area contributed by atoms with Crippen molar-refractivity contribution in [3.05, 3.63) is 72.2 Å². The van der Waals surface area contributed by atoms with Gasteiger partial charge in [0.05, 0.1) is 14.2 Å². The first-order valence-electron chi connectivity index (χ1n) is 9.34. The number of methoxy groups -OCH3 is 2. The third kappa shape index (κ3) is 5.28. The highest BCUT2D eigenvalue weighted by Gasteiger charge is 2.33. The molecule has 8 heteroatoms. The van der Waals surface area contributed by atoms with Gasteiger partial charge in [-0.2, -0.15) is 9.78 Å². The van der Waals surface area contributed by atoms with E-state index in [1.807, 2.05) is 6.42 Å². The van der Waals surface area contributed by atoms with Gasteiger partial charge in [-0.05, 0) is 49.9 Å². The Balaban J connectivity index is 1.57. The van der Waals surface area contributed by atoms with E-state index in [0.29, 0.717) is 36.9 Å². The quantitative estimate of drug-likeness (QED) is 0.475. The van der Waals surface area contributed by atoms with Crippen LogP contribution in [0, 0.1) is 12.5 Å². The highest BCUT2D eigenvalue weighted by Crippen LogP contribution is 2.31. The third-order valence-electron chi connectivity index (χ3n) is 4.45. The predicted molar refractivity (Wildman–Crippen MR) is 104 cm³/mol. The molecule has 0 aromatic heterocycles. The number of para-hydroxylation sites is 2. The molecule has 2 radical (unpaired) electrons. The lowest BCUT2D eigenvalue weighted by Crippen LogP contribution is -2.30. The van der Waals surface area contributed by atoms with Crippen LogP contribution in [0.5, 0.6) is 11.5 Å². The Kier molecular flexibility index (Phi) is 7.64. The molecule has 3 rings (SSSR count). The Morgan fingerprint density at radius 1 is 0.833 bits per heavy atom. The minimum Gasteiger partial charge on any atom is -0.496 e. The normalized spacial score (nSPS) is 16.5. The Morgan fingerprint density at radius 3 is 2.00 bits per heavy atom. The zero-order valence-electron chi connectivity index (χ0n) is 16.7. The molecule has 0 spiro atoms. The van der Waals surface area contributed by atoms with Gasteiger partial charge in [-0.3, -0.25) is 9.78 Å². The van der Waals surface area contributed by atoms with Crippen LogP contribution in [0.3, 0.4) is 0 Å². The van der Waals surface area contributed by atoms with Crippen molar-refractivity contribution in [2.45, 2.75) is 25.4 Å². The van der Waals surface area contributed by atoms with E-state index in [9.17, 15) is 9.59 Å². The predicted octanol–water partition coefficient (Wildman–Crippen LogP) is 3.87. The van der Waals surface area contributed by atoms with Crippen LogP contribution in [0.25, 0.3) is 0 Å². The van der Waals surface area contributed by atoms with E-state index < -0.39 is 18.0 Å². The number of carbonyl (C=O) groups is 2. The van der Waals surface area contributed by atoms with Gasteiger partial charge in [-0.25, -0.2) is 9.59 Å². The van der Waals surface area contributed by atoms with E-state index in [4.69, 9.17) is 29.0 Å². The van der Waals surface area contributed by atoms with Crippen molar-refractivity contribution >= 4 is 11.9 Å². The fourth-order valence-corrected chi connectivity index (χ4v) is 2.90. The Hall–Kier alpha value is -3.10. The number of rotatable bonds is 8. The van der Waals surface area contributed by atoms with Crippen LogP contribution in [0.4, 0.5) is 0 Å². The highest BCUT2D eigenvalue weighted by atomic mass is 17.2. The van der Waals surface area contributed by atoms with Crippen LogP contribution in [0.2, 0.25) is 0 Å². The van der Waals surface area contributed by atoms with Crippen LogP contribution in [0.15, 0.2) is 48.5 Å². The van der Waals surface area contributed by atoms with Gasteiger partial charge < -0.3 is 9.47 Å². The van der Waals surface area contributed by atoms with Crippen molar-refractivity contribution in [2.75, 3.05) is 14.2 Å². The van der Waals surface area contributed by atoms with Gasteiger partial charge in [0.15, 0.2) is 6.10 Å². The molecule has 1 unspecified atom stereocenters. The summed E-state index contributed by atoms with van der Waals surface area (Å²) in [5, 5.41) is 0. The fourth-order valence-electron chi connectivity index (χ4n) is 2.90. The van der Waals surface area contributed by atoms with Crippen LogP contribution < -0.4 is 9.47 Å². The van der Waals surface area contributed by atoms with Gasteiger partial charge in [0.2, 0.25) is 0 Å². The van der Waals surface area contributed by atoms with Gasteiger partial charge in [0.25, 0.3) is 0 Å². The Bertz CT molecular complexity index is 794. The lowest BCUT2D eigenvalue weighted by molar-refractivity contribution is -0.317. The summed E-state index contributed by atoms with van der Waals surface area (Å²) in [6.07, 6.45) is 3.20. The maximum absolute atomic E-state index is 12.3. The molecule has 30 heavy (non-hydrogen) atoms. The summed E-state index contributed by atoms with van der Waals surface area (Å²) < 4.78 is 10.3. The molecule has 0 bridgehead atoms. The molecule has 1 aliphatic carbocycles. The zero-order valence-corrected chi connectivity index (χ0v) is 16.7. The maximum atomic E-state index is 12.3. The summed E-state index contributed by atoms with van der Waals surface area (Å²) in [7, 11) is 2.91. The fraction of sp³-hybridized carbons (Fsp3) is 0.273. The van der Waals surface area contributed by atoms with Crippen LogP contribution in [0.1, 0.15) is 40.0 Å². The number of ether oxygens (including phenoxy) is 2. The molecule has 0 amide bonds. The molecule has 1 fully saturated rings. The number of benzene rings is 2. The largest absolute Gasteiger partial charge is 0.496 e. The molecule has 2 aromatic carbocycles.